The fourth-order valence-electron chi connectivity index (χ4n) is 1.63. The molecule has 0 spiro atoms. The van der Waals surface area contributed by atoms with E-state index in [2.05, 4.69) is 0 Å². The Hall–Kier alpha value is -1.63. The lowest BCUT2D eigenvalue weighted by Gasteiger charge is -2.15. The van der Waals surface area contributed by atoms with Crippen LogP contribution in [0.15, 0.2) is 11.8 Å². The first kappa shape index (κ1) is 12.8. The van der Waals surface area contributed by atoms with E-state index in [9.17, 15) is 27.1 Å². The van der Waals surface area contributed by atoms with Crippen LogP contribution in [0.4, 0.5) is 22.0 Å². The van der Waals surface area contributed by atoms with Crippen LogP contribution in [0.5, 0.6) is 0 Å². The average Bonchev–Trinajstić information content (AvgIpc) is 2.88. The molecule has 0 amide bonds. The molecule has 0 saturated carbocycles. The van der Waals surface area contributed by atoms with E-state index in [1.807, 2.05) is 0 Å². The van der Waals surface area contributed by atoms with Gasteiger partial charge < -0.3 is 9.84 Å². The quantitative estimate of drug-likeness (QED) is 0.506. The van der Waals surface area contributed by atoms with Gasteiger partial charge in [-0.3, -0.25) is 0 Å². The van der Waals surface area contributed by atoms with Crippen molar-refractivity contribution in [1.29, 1.82) is 0 Å². The minimum absolute atomic E-state index is 0.182. The molecule has 1 aromatic carbocycles. The van der Waals surface area contributed by atoms with Gasteiger partial charge in [-0.15, -0.1) is 0 Å². The lowest BCUT2D eigenvalue weighted by molar-refractivity contribution is 0.111. The molecule has 0 bridgehead atoms. The molecule has 98 valence electrons. The van der Waals surface area contributed by atoms with Crippen LogP contribution in [0.2, 0.25) is 0 Å². The topological polar surface area (TPSA) is 29.5 Å². The molecule has 2 nitrogen and oxygen atoms in total. The van der Waals surface area contributed by atoms with Gasteiger partial charge in [0, 0.05) is 6.42 Å². The summed E-state index contributed by atoms with van der Waals surface area (Å²) >= 11 is 0. The standard InChI is InChI=1S/C11H7F5O2/c12-6-5(11(17)4-2-1-3-18-4)7(13)9(15)10(16)8(6)14/h2,11,17H,1,3H2. The largest absolute Gasteiger partial charge is 0.495 e. The molecule has 1 aliphatic rings. The number of hydrogen-bond acceptors (Lipinski definition) is 2. The summed E-state index contributed by atoms with van der Waals surface area (Å²) in [5.41, 5.74) is -1.31. The lowest BCUT2D eigenvalue weighted by Crippen LogP contribution is -2.13. The Labute approximate surface area is 98.3 Å². The molecule has 2 rings (SSSR count). The van der Waals surface area contributed by atoms with E-state index in [0.29, 0.717) is 6.42 Å². The molecular formula is C11H7F5O2. The Morgan fingerprint density at radius 1 is 0.944 bits per heavy atom. The monoisotopic (exact) mass is 266 g/mol. The molecule has 1 heterocycles. The smallest absolute Gasteiger partial charge is 0.200 e. The molecule has 1 atom stereocenters. The van der Waals surface area contributed by atoms with Gasteiger partial charge in [0.2, 0.25) is 5.82 Å². The SMILES string of the molecule is OC(C1=CCCO1)c1c(F)c(F)c(F)c(F)c1F. The normalized spacial score (nSPS) is 16.4. The predicted molar refractivity (Wildman–Crippen MR) is 49.8 cm³/mol. The highest BCUT2D eigenvalue weighted by atomic mass is 19.2. The molecule has 7 heteroatoms. The van der Waals surface area contributed by atoms with E-state index in [0.717, 1.165) is 0 Å². The zero-order valence-electron chi connectivity index (χ0n) is 8.81. The third-order valence-corrected chi connectivity index (χ3v) is 2.52. The Bertz CT molecular complexity index is 498. The van der Waals surface area contributed by atoms with E-state index in [-0.39, 0.29) is 12.4 Å². The van der Waals surface area contributed by atoms with Gasteiger partial charge in [0.1, 0.15) is 11.9 Å². The van der Waals surface area contributed by atoms with Crippen molar-refractivity contribution in [2.45, 2.75) is 12.5 Å². The number of aliphatic hydroxyl groups is 1. The Kier molecular flexibility index (Phi) is 3.25. The highest BCUT2D eigenvalue weighted by Crippen LogP contribution is 2.33. The molecule has 18 heavy (non-hydrogen) atoms. The van der Waals surface area contributed by atoms with Crippen molar-refractivity contribution in [3.05, 3.63) is 46.5 Å². The Balaban J connectivity index is 2.57. The van der Waals surface area contributed by atoms with Gasteiger partial charge in [0.05, 0.1) is 12.2 Å². The summed E-state index contributed by atoms with van der Waals surface area (Å²) in [5, 5.41) is 9.59. The second-order valence-corrected chi connectivity index (χ2v) is 3.63. The Morgan fingerprint density at radius 2 is 1.44 bits per heavy atom. The van der Waals surface area contributed by atoms with Crippen molar-refractivity contribution in [3.8, 4) is 0 Å². The van der Waals surface area contributed by atoms with Crippen LogP contribution >= 0.6 is 0 Å². The summed E-state index contributed by atoms with van der Waals surface area (Å²) in [6, 6.07) is 0. The number of aliphatic hydroxyl groups excluding tert-OH is 1. The molecule has 0 aliphatic carbocycles. The summed E-state index contributed by atoms with van der Waals surface area (Å²) < 4.78 is 70.1. The first-order valence-corrected chi connectivity index (χ1v) is 4.97. The molecular weight excluding hydrogens is 259 g/mol. The Morgan fingerprint density at radius 3 is 1.89 bits per heavy atom. The van der Waals surface area contributed by atoms with Gasteiger partial charge in [-0.1, -0.05) is 0 Å². The fourth-order valence-corrected chi connectivity index (χ4v) is 1.63. The van der Waals surface area contributed by atoms with Crippen molar-refractivity contribution in [3.63, 3.8) is 0 Å². The zero-order chi connectivity index (χ0) is 13.4. The van der Waals surface area contributed by atoms with Crippen molar-refractivity contribution in [1.82, 2.24) is 0 Å². The number of ether oxygens (including phenoxy) is 1. The second kappa shape index (κ2) is 4.56. The van der Waals surface area contributed by atoms with Crippen molar-refractivity contribution in [2.24, 2.45) is 0 Å². The van der Waals surface area contributed by atoms with Gasteiger partial charge in [0.25, 0.3) is 0 Å². The maximum atomic E-state index is 13.3. The van der Waals surface area contributed by atoms with Crippen molar-refractivity contribution >= 4 is 0 Å². The van der Waals surface area contributed by atoms with Gasteiger partial charge in [0.15, 0.2) is 23.3 Å². The van der Waals surface area contributed by atoms with Crippen molar-refractivity contribution < 1.29 is 31.8 Å². The van der Waals surface area contributed by atoms with Gasteiger partial charge in [-0.2, -0.15) is 0 Å². The van der Waals surface area contributed by atoms with Gasteiger partial charge in [-0.25, -0.2) is 22.0 Å². The van der Waals surface area contributed by atoms with Gasteiger partial charge >= 0.3 is 0 Å². The highest BCUT2D eigenvalue weighted by molar-refractivity contribution is 5.30. The van der Waals surface area contributed by atoms with Crippen LogP contribution < -0.4 is 0 Å². The summed E-state index contributed by atoms with van der Waals surface area (Å²) in [6.07, 6.45) is -0.304. The number of rotatable bonds is 2. The van der Waals surface area contributed by atoms with Crippen LogP contribution in [-0.2, 0) is 4.74 Å². The molecule has 0 radical (unpaired) electrons. The molecule has 1 N–H and O–H groups in total. The number of benzene rings is 1. The lowest BCUT2D eigenvalue weighted by atomic mass is 10.0. The van der Waals surface area contributed by atoms with E-state index >= 15 is 0 Å². The molecule has 1 aromatic rings. The summed E-state index contributed by atoms with van der Waals surface area (Å²) in [5.74, 6) is -10.8. The van der Waals surface area contributed by atoms with Crippen LogP contribution in [0.25, 0.3) is 0 Å². The van der Waals surface area contributed by atoms with Gasteiger partial charge in [-0.05, 0) is 6.08 Å². The fraction of sp³-hybridized carbons (Fsp3) is 0.273. The second-order valence-electron chi connectivity index (χ2n) is 3.63. The highest BCUT2D eigenvalue weighted by Gasteiger charge is 2.32. The number of halogens is 5. The van der Waals surface area contributed by atoms with E-state index in [1.165, 1.54) is 6.08 Å². The van der Waals surface area contributed by atoms with E-state index < -0.39 is 40.8 Å². The van der Waals surface area contributed by atoms with Crippen LogP contribution in [0.1, 0.15) is 18.1 Å². The molecule has 0 fully saturated rings. The zero-order valence-corrected chi connectivity index (χ0v) is 8.81. The summed E-state index contributed by atoms with van der Waals surface area (Å²) in [6.45, 7) is 0.182. The van der Waals surface area contributed by atoms with Crippen molar-refractivity contribution in [2.75, 3.05) is 6.61 Å². The van der Waals surface area contributed by atoms with Crippen LogP contribution in [-0.4, -0.2) is 11.7 Å². The maximum Gasteiger partial charge on any atom is 0.200 e. The van der Waals surface area contributed by atoms with Crippen LogP contribution in [0.3, 0.4) is 0 Å². The molecule has 0 saturated heterocycles. The first-order chi connectivity index (χ1) is 8.45. The van der Waals surface area contributed by atoms with Crippen LogP contribution in [0, 0.1) is 29.1 Å². The van der Waals surface area contributed by atoms with E-state index in [1.54, 1.807) is 0 Å². The molecule has 1 unspecified atom stereocenters. The minimum Gasteiger partial charge on any atom is -0.495 e. The molecule has 0 aromatic heterocycles. The number of hydrogen-bond donors (Lipinski definition) is 1. The third-order valence-electron chi connectivity index (χ3n) is 2.52. The van der Waals surface area contributed by atoms with E-state index in [4.69, 9.17) is 4.74 Å². The third kappa shape index (κ3) is 1.84. The average molecular weight is 266 g/mol. The summed E-state index contributed by atoms with van der Waals surface area (Å²) in [4.78, 5) is 0. The first-order valence-electron chi connectivity index (χ1n) is 4.97. The minimum atomic E-state index is -2.26. The predicted octanol–water partition coefficient (Wildman–Crippen LogP) is 2.72. The maximum absolute atomic E-state index is 13.3. The molecule has 1 aliphatic heterocycles. The summed E-state index contributed by atoms with van der Waals surface area (Å²) in [7, 11) is 0.